The molecule has 0 bridgehead atoms. The van der Waals surface area contributed by atoms with Gasteiger partial charge in [-0.2, -0.15) is 0 Å². The van der Waals surface area contributed by atoms with E-state index in [0.29, 0.717) is 11.3 Å². The Morgan fingerprint density at radius 3 is 2.21 bits per heavy atom. The summed E-state index contributed by atoms with van der Waals surface area (Å²) in [6, 6.07) is 20.0. The monoisotopic (exact) mass is 525 g/mol. The predicted octanol–water partition coefficient (Wildman–Crippen LogP) is 5.55. The molecule has 0 aromatic heterocycles. The quantitative estimate of drug-likeness (QED) is 0.248. The van der Waals surface area contributed by atoms with Gasteiger partial charge < -0.3 is 19.6 Å². The zero-order valence-electron chi connectivity index (χ0n) is 23.1. The lowest BCUT2D eigenvalue weighted by Gasteiger charge is -2.27. The van der Waals surface area contributed by atoms with Crippen LogP contribution in [0.1, 0.15) is 43.5 Å². The summed E-state index contributed by atoms with van der Waals surface area (Å²) in [7, 11) is 3.91. The van der Waals surface area contributed by atoms with Crippen molar-refractivity contribution in [2.24, 2.45) is 0 Å². The van der Waals surface area contributed by atoms with E-state index in [0.717, 1.165) is 47.8 Å². The molecule has 2 aliphatic rings. The molecular weight excluding hydrogens is 490 g/mol. The fraction of sp³-hybridized carbons (Fsp3) is 0.312. The molecule has 0 spiro atoms. The molecule has 2 atom stereocenters. The van der Waals surface area contributed by atoms with Crippen molar-refractivity contribution in [1.29, 1.82) is 0 Å². The lowest BCUT2D eigenvalue weighted by atomic mass is 9.94. The van der Waals surface area contributed by atoms with Crippen molar-refractivity contribution < 1.29 is 19.4 Å². The van der Waals surface area contributed by atoms with Crippen LogP contribution in [0.5, 0.6) is 5.75 Å². The number of ketones is 1. The number of carbonyl (C=O) groups is 2. The number of nitrogens with zero attached hydrogens (tertiary/aromatic N) is 3. The van der Waals surface area contributed by atoms with E-state index in [-0.39, 0.29) is 17.4 Å². The highest BCUT2D eigenvalue weighted by Gasteiger charge is 2.47. The smallest absolute Gasteiger partial charge is 0.300 e. The Labute approximate surface area is 229 Å². The summed E-state index contributed by atoms with van der Waals surface area (Å²) < 4.78 is 5.81. The van der Waals surface area contributed by atoms with Gasteiger partial charge in [-0.15, -0.1) is 0 Å². The fourth-order valence-electron chi connectivity index (χ4n) is 5.51. The molecule has 202 valence electrons. The molecular formula is C32H35N3O4. The Morgan fingerprint density at radius 1 is 0.949 bits per heavy atom. The second-order valence-corrected chi connectivity index (χ2v) is 10.3. The van der Waals surface area contributed by atoms with Gasteiger partial charge in [-0.25, -0.2) is 0 Å². The number of aliphatic hydroxyl groups is 1. The summed E-state index contributed by atoms with van der Waals surface area (Å²) in [4.78, 5) is 32.8. The van der Waals surface area contributed by atoms with Crippen molar-refractivity contribution in [3.63, 3.8) is 0 Å². The Kier molecular flexibility index (Phi) is 7.08. The first-order valence-corrected chi connectivity index (χ1v) is 13.5. The van der Waals surface area contributed by atoms with Crippen molar-refractivity contribution >= 4 is 34.5 Å². The van der Waals surface area contributed by atoms with Crippen molar-refractivity contribution in [2.75, 3.05) is 41.9 Å². The molecule has 2 unspecified atom stereocenters. The number of amides is 1. The van der Waals surface area contributed by atoms with Crippen LogP contribution in [0.4, 0.5) is 17.1 Å². The van der Waals surface area contributed by atoms with Crippen LogP contribution < -0.4 is 19.4 Å². The third-order valence-corrected chi connectivity index (χ3v) is 7.60. The molecule has 5 rings (SSSR count). The normalized spacial score (nSPS) is 19.7. The largest absolute Gasteiger partial charge is 0.507 e. The molecule has 0 radical (unpaired) electrons. The number of rotatable bonds is 7. The Morgan fingerprint density at radius 2 is 1.59 bits per heavy atom. The van der Waals surface area contributed by atoms with Crippen LogP contribution in [0, 0.1) is 0 Å². The van der Waals surface area contributed by atoms with Gasteiger partial charge in [0.25, 0.3) is 11.7 Å². The van der Waals surface area contributed by atoms with Crippen LogP contribution in [0.2, 0.25) is 0 Å². The van der Waals surface area contributed by atoms with Gasteiger partial charge in [0.15, 0.2) is 0 Å². The average molecular weight is 526 g/mol. The van der Waals surface area contributed by atoms with Gasteiger partial charge in [0.1, 0.15) is 17.6 Å². The van der Waals surface area contributed by atoms with E-state index in [1.807, 2.05) is 86.6 Å². The molecule has 1 N–H and O–H groups in total. The van der Waals surface area contributed by atoms with Crippen molar-refractivity contribution in [1.82, 2.24) is 0 Å². The highest BCUT2D eigenvalue weighted by molar-refractivity contribution is 6.51. The minimum Gasteiger partial charge on any atom is -0.507 e. The molecule has 7 nitrogen and oxygen atoms in total. The van der Waals surface area contributed by atoms with E-state index < -0.39 is 17.7 Å². The molecule has 1 fully saturated rings. The molecule has 2 heterocycles. The molecule has 3 aromatic carbocycles. The summed E-state index contributed by atoms with van der Waals surface area (Å²) in [5.74, 6) is -0.762. The summed E-state index contributed by atoms with van der Waals surface area (Å²) in [6.45, 7) is 7.92. The van der Waals surface area contributed by atoms with E-state index in [4.69, 9.17) is 4.74 Å². The number of aliphatic hydroxyl groups excluding tert-OH is 1. The maximum Gasteiger partial charge on any atom is 0.300 e. The van der Waals surface area contributed by atoms with Crippen LogP contribution in [-0.2, 0) is 16.0 Å². The van der Waals surface area contributed by atoms with Crippen LogP contribution in [0.3, 0.4) is 0 Å². The lowest BCUT2D eigenvalue weighted by molar-refractivity contribution is -0.132. The molecule has 7 heteroatoms. The van der Waals surface area contributed by atoms with Gasteiger partial charge in [0, 0.05) is 56.2 Å². The second-order valence-electron chi connectivity index (χ2n) is 10.3. The fourth-order valence-corrected chi connectivity index (χ4v) is 5.51. The van der Waals surface area contributed by atoms with E-state index in [1.54, 1.807) is 6.07 Å². The van der Waals surface area contributed by atoms with Crippen molar-refractivity contribution in [3.8, 4) is 5.75 Å². The molecule has 0 aliphatic carbocycles. The summed E-state index contributed by atoms with van der Waals surface area (Å²) in [5.41, 5.74) is 4.93. The van der Waals surface area contributed by atoms with E-state index in [1.165, 1.54) is 4.90 Å². The number of hydrogen-bond donors (Lipinski definition) is 1. The molecule has 1 saturated heterocycles. The standard InChI is InChI=1S/C32H35N3O4/c1-6-34(7-2)25-13-15-26(16-14-25)35-29(21-8-11-24(12-9-21)33(4)5)28(31(37)32(35)38)30(36)22-10-17-27-23(19-22)18-20(3)39-27/h8-17,19-20,29,36H,6-7,18H2,1-5H3/b30-28-. The number of benzene rings is 3. The number of Topliss-reactive ketones (excluding diaryl/α,β-unsaturated/α-hetero) is 1. The summed E-state index contributed by atoms with van der Waals surface area (Å²) >= 11 is 0. The third kappa shape index (κ3) is 4.73. The van der Waals surface area contributed by atoms with Gasteiger partial charge in [-0.3, -0.25) is 14.5 Å². The number of anilines is 3. The van der Waals surface area contributed by atoms with Crippen LogP contribution in [-0.4, -0.2) is 50.1 Å². The Balaban J connectivity index is 1.63. The highest BCUT2D eigenvalue weighted by atomic mass is 16.5. The number of ether oxygens (including phenoxy) is 1. The van der Waals surface area contributed by atoms with E-state index in [9.17, 15) is 14.7 Å². The highest BCUT2D eigenvalue weighted by Crippen LogP contribution is 2.43. The number of hydrogen-bond acceptors (Lipinski definition) is 6. The molecule has 39 heavy (non-hydrogen) atoms. The number of fused-ring (bicyclic) bond motifs is 1. The number of carbonyl (C=O) groups excluding carboxylic acids is 2. The lowest BCUT2D eigenvalue weighted by Crippen LogP contribution is -2.29. The van der Waals surface area contributed by atoms with Gasteiger partial charge in [0.05, 0.1) is 11.6 Å². The Bertz CT molecular complexity index is 1420. The zero-order valence-corrected chi connectivity index (χ0v) is 23.1. The second kappa shape index (κ2) is 10.5. The topological polar surface area (TPSA) is 73.3 Å². The maximum atomic E-state index is 13.6. The van der Waals surface area contributed by atoms with Crippen molar-refractivity contribution in [2.45, 2.75) is 39.3 Å². The summed E-state index contributed by atoms with van der Waals surface area (Å²) in [5, 5.41) is 11.5. The van der Waals surface area contributed by atoms with Gasteiger partial charge in [-0.1, -0.05) is 12.1 Å². The predicted molar refractivity (Wildman–Crippen MR) is 156 cm³/mol. The van der Waals surface area contributed by atoms with E-state index in [2.05, 4.69) is 18.7 Å². The SMILES string of the molecule is CCN(CC)c1ccc(N2C(=O)C(=O)/C(=C(\O)c3ccc4c(c3)CC(C)O4)C2c2ccc(N(C)C)cc2)cc1. The van der Waals surface area contributed by atoms with Crippen molar-refractivity contribution in [3.05, 3.63) is 89.0 Å². The maximum absolute atomic E-state index is 13.6. The Hall–Kier alpha value is -4.26. The minimum atomic E-state index is -0.774. The van der Waals surface area contributed by atoms with Crippen LogP contribution >= 0.6 is 0 Å². The van der Waals surface area contributed by atoms with E-state index >= 15 is 0 Å². The van der Waals surface area contributed by atoms with Gasteiger partial charge in [0.2, 0.25) is 0 Å². The third-order valence-electron chi connectivity index (χ3n) is 7.60. The van der Waals surface area contributed by atoms with Crippen LogP contribution in [0.25, 0.3) is 5.76 Å². The molecule has 0 saturated carbocycles. The van der Waals surface area contributed by atoms with Gasteiger partial charge in [-0.05, 0) is 86.5 Å². The minimum absolute atomic E-state index is 0.0532. The van der Waals surface area contributed by atoms with Crippen LogP contribution in [0.15, 0.2) is 72.3 Å². The first-order chi connectivity index (χ1) is 18.7. The first-order valence-electron chi connectivity index (χ1n) is 13.5. The molecule has 2 aliphatic heterocycles. The van der Waals surface area contributed by atoms with Gasteiger partial charge >= 0.3 is 0 Å². The molecule has 1 amide bonds. The first kappa shape index (κ1) is 26.4. The summed E-state index contributed by atoms with van der Waals surface area (Å²) in [6.07, 6.45) is 0.775. The average Bonchev–Trinajstić information content (AvgIpc) is 3.44. The zero-order chi connectivity index (χ0) is 27.8. The molecule has 3 aromatic rings.